The third kappa shape index (κ3) is 4.49. The first-order valence-corrected chi connectivity index (χ1v) is 8.48. The van der Waals surface area contributed by atoms with Gasteiger partial charge < -0.3 is 11.1 Å². The molecule has 0 radical (unpaired) electrons. The maximum Gasteiger partial charge on any atom is 0.172 e. The Morgan fingerprint density at radius 3 is 2.75 bits per heavy atom. The van der Waals surface area contributed by atoms with Gasteiger partial charge in [-0.05, 0) is 32.1 Å². The van der Waals surface area contributed by atoms with E-state index in [2.05, 4.69) is 30.5 Å². The van der Waals surface area contributed by atoms with Crippen LogP contribution in [0.5, 0.6) is 0 Å². The lowest BCUT2D eigenvalue weighted by Crippen LogP contribution is -1.97. The van der Waals surface area contributed by atoms with E-state index in [1.807, 2.05) is 0 Å². The minimum Gasteiger partial charge on any atom is -0.402 e. The topological polar surface area (TPSA) is 105 Å². The van der Waals surface area contributed by atoms with Gasteiger partial charge >= 0.3 is 0 Å². The van der Waals surface area contributed by atoms with Crippen LogP contribution in [-0.2, 0) is 0 Å². The van der Waals surface area contributed by atoms with Crippen LogP contribution in [0.4, 0.5) is 26.2 Å². The number of aliphatic imine (C=N–C) groups is 1. The quantitative estimate of drug-likeness (QED) is 0.544. The first kappa shape index (κ1) is 19.4. The Bertz CT molecular complexity index is 1070. The van der Waals surface area contributed by atoms with Crippen LogP contribution in [0.2, 0.25) is 5.02 Å². The predicted molar refractivity (Wildman–Crippen MR) is 105 cm³/mol. The van der Waals surface area contributed by atoms with E-state index in [0.717, 1.165) is 12.1 Å². The summed E-state index contributed by atoms with van der Waals surface area (Å²) in [4.78, 5) is 12.5. The second-order valence-corrected chi connectivity index (χ2v) is 6.29. The van der Waals surface area contributed by atoms with Crippen molar-refractivity contribution in [2.75, 3.05) is 5.32 Å². The van der Waals surface area contributed by atoms with Crippen LogP contribution in [0.15, 0.2) is 47.4 Å². The fraction of sp³-hybridized carbons (Fsp3) is 0.111. The summed E-state index contributed by atoms with van der Waals surface area (Å²) >= 11 is 6.29. The molecule has 0 saturated carbocycles. The molecular weight excluding hydrogens is 388 g/mol. The van der Waals surface area contributed by atoms with Gasteiger partial charge in [0.2, 0.25) is 0 Å². The number of nitrogens with two attached hydrogens (primary N) is 1. The van der Waals surface area contributed by atoms with Gasteiger partial charge in [0.15, 0.2) is 11.6 Å². The number of rotatable bonds is 5. The van der Waals surface area contributed by atoms with Gasteiger partial charge in [-0.25, -0.2) is 23.7 Å². The molecule has 4 N–H and O–H groups in total. The molecule has 0 saturated heterocycles. The van der Waals surface area contributed by atoms with Crippen LogP contribution < -0.4 is 11.1 Å². The minimum atomic E-state index is -0.755. The van der Waals surface area contributed by atoms with Gasteiger partial charge in [-0.2, -0.15) is 5.10 Å². The SMILES string of the molecule is CC(N)=CC(C)=Nc1cc(Nc2n[nH]c(-c3ccc(F)cc3F)c2Cl)ncn1. The fourth-order valence-corrected chi connectivity index (χ4v) is 2.66. The van der Waals surface area contributed by atoms with E-state index < -0.39 is 11.6 Å². The largest absolute Gasteiger partial charge is 0.402 e. The van der Waals surface area contributed by atoms with E-state index in [9.17, 15) is 8.78 Å². The van der Waals surface area contributed by atoms with Crippen molar-refractivity contribution in [2.45, 2.75) is 13.8 Å². The highest BCUT2D eigenvalue weighted by Crippen LogP contribution is 2.34. The molecule has 0 spiro atoms. The fourth-order valence-electron chi connectivity index (χ4n) is 2.42. The van der Waals surface area contributed by atoms with E-state index in [-0.39, 0.29) is 22.1 Å². The lowest BCUT2D eigenvalue weighted by molar-refractivity contribution is 0.585. The average molecular weight is 404 g/mol. The summed E-state index contributed by atoms with van der Waals surface area (Å²) in [5, 5.41) is 9.72. The van der Waals surface area contributed by atoms with Crippen molar-refractivity contribution in [3.63, 3.8) is 0 Å². The number of benzene rings is 1. The first-order valence-electron chi connectivity index (χ1n) is 8.11. The summed E-state index contributed by atoms with van der Waals surface area (Å²) in [6.07, 6.45) is 3.04. The molecule has 1 aromatic carbocycles. The molecule has 0 aliphatic carbocycles. The molecule has 0 aliphatic heterocycles. The molecule has 144 valence electrons. The number of anilines is 2. The number of aromatic amines is 1. The Hall–Kier alpha value is -3.33. The Morgan fingerprint density at radius 1 is 1.25 bits per heavy atom. The highest BCUT2D eigenvalue weighted by Gasteiger charge is 2.17. The standard InChI is InChI=1S/C18H16ClF2N7/c1-9(22)5-10(2)25-14-7-15(24-8-23-14)26-18-16(19)17(27-28-18)12-4-3-11(20)6-13(12)21/h3-8H,22H2,1-2H3,(H2,23,24,26,27,28). The van der Waals surface area contributed by atoms with E-state index in [1.54, 1.807) is 26.0 Å². The zero-order valence-corrected chi connectivity index (χ0v) is 15.7. The zero-order chi connectivity index (χ0) is 20.3. The summed E-state index contributed by atoms with van der Waals surface area (Å²) in [7, 11) is 0. The van der Waals surface area contributed by atoms with Gasteiger partial charge in [0.25, 0.3) is 0 Å². The highest BCUT2D eigenvalue weighted by molar-refractivity contribution is 6.35. The van der Waals surface area contributed by atoms with E-state index in [0.29, 0.717) is 23.0 Å². The lowest BCUT2D eigenvalue weighted by atomic mass is 10.1. The Kier molecular flexibility index (Phi) is 5.65. The zero-order valence-electron chi connectivity index (χ0n) is 15.0. The van der Waals surface area contributed by atoms with Crippen LogP contribution in [0.3, 0.4) is 0 Å². The molecule has 3 aromatic rings. The molecule has 28 heavy (non-hydrogen) atoms. The summed E-state index contributed by atoms with van der Waals surface area (Å²) in [5.74, 6) is -0.421. The van der Waals surface area contributed by atoms with Crippen molar-refractivity contribution in [2.24, 2.45) is 10.7 Å². The van der Waals surface area contributed by atoms with E-state index >= 15 is 0 Å². The van der Waals surface area contributed by atoms with Gasteiger partial charge in [0.1, 0.15) is 28.8 Å². The summed E-state index contributed by atoms with van der Waals surface area (Å²) in [6, 6.07) is 4.78. The number of hydrogen-bond donors (Lipinski definition) is 3. The van der Waals surface area contributed by atoms with Gasteiger partial charge in [-0.15, -0.1) is 0 Å². The number of nitrogens with one attached hydrogen (secondary N) is 2. The minimum absolute atomic E-state index is 0.0968. The van der Waals surface area contributed by atoms with Gasteiger partial charge in [-0.1, -0.05) is 11.6 Å². The van der Waals surface area contributed by atoms with E-state index in [1.165, 1.54) is 12.4 Å². The van der Waals surface area contributed by atoms with Crippen molar-refractivity contribution in [3.05, 3.63) is 59.0 Å². The number of allylic oxidation sites excluding steroid dienone is 2. The van der Waals surface area contributed by atoms with Crippen molar-refractivity contribution in [1.82, 2.24) is 20.2 Å². The van der Waals surface area contributed by atoms with Crippen LogP contribution in [0.1, 0.15) is 13.8 Å². The van der Waals surface area contributed by atoms with Crippen molar-refractivity contribution < 1.29 is 8.78 Å². The Morgan fingerprint density at radius 2 is 2.04 bits per heavy atom. The molecule has 0 fully saturated rings. The molecular formula is C18H16ClF2N7. The molecule has 0 unspecified atom stereocenters. The molecule has 10 heteroatoms. The number of halogens is 3. The lowest BCUT2D eigenvalue weighted by Gasteiger charge is -2.04. The number of hydrogen-bond acceptors (Lipinski definition) is 6. The van der Waals surface area contributed by atoms with Crippen LogP contribution >= 0.6 is 11.6 Å². The molecule has 0 amide bonds. The van der Waals surface area contributed by atoms with Crippen LogP contribution in [0.25, 0.3) is 11.3 Å². The van der Waals surface area contributed by atoms with Gasteiger partial charge in [0, 0.05) is 29.1 Å². The molecule has 2 aromatic heterocycles. The Balaban J connectivity index is 1.86. The van der Waals surface area contributed by atoms with Crippen molar-refractivity contribution in [3.8, 4) is 11.3 Å². The maximum atomic E-state index is 14.0. The third-order valence-corrected chi connectivity index (χ3v) is 3.90. The van der Waals surface area contributed by atoms with Crippen LogP contribution in [0, 0.1) is 11.6 Å². The number of nitrogens with zero attached hydrogens (tertiary/aromatic N) is 4. The molecule has 0 aliphatic rings. The number of aromatic nitrogens is 4. The highest BCUT2D eigenvalue weighted by atomic mass is 35.5. The second kappa shape index (κ2) is 8.13. The predicted octanol–water partition coefficient (Wildman–Crippen LogP) is 4.50. The molecule has 7 nitrogen and oxygen atoms in total. The smallest absolute Gasteiger partial charge is 0.172 e. The normalized spacial score (nSPS) is 12.3. The first-order chi connectivity index (χ1) is 13.3. The van der Waals surface area contributed by atoms with Gasteiger partial charge in [0.05, 0.1) is 5.69 Å². The second-order valence-electron chi connectivity index (χ2n) is 5.91. The molecule has 2 heterocycles. The maximum absolute atomic E-state index is 14.0. The average Bonchev–Trinajstić information content (AvgIpc) is 2.95. The summed E-state index contributed by atoms with van der Waals surface area (Å²) in [5.41, 5.74) is 7.24. The third-order valence-electron chi connectivity index (χ3n) is 3.53. The number of H-pyrrole nitrogens is 1. The van der Waals surface area contributed by atoms with E-state index in [4.69, 9.17) is 17.3 Å². The summed E-state index contributed by atoms with van der Waals surface area (Å²) in [6.45, 7) is 3.55. The summed E-state index contributed by atoms with van der Waals surface area (Å²) < 4.78 is 27.1. The Labute approximate surface area is 164 Å². The van der Waals surface area contributed by atoms with Crippen molar-refractivity contribution >= 4 is 34.8 Å². The van der Waals surface area contributed by atoms with Gasteiger partial charge in [-0.3, -0.25) is 5.10 Å². The molecule has 3 rings (SSSR count). The molecule has 0 atom stereocenters. The van der Waals surface area contributed by atoms with Crippen molar-refractivity contribution in [1.29, 1.82) is 0 Å². The monoisotopic (exact) mass is 403 g/mol. The molecule has 0 bridgehead atoms. The van der Waals surface area contributed by atoms with Crippen LogP contribution in [-0.4, -0.2) is 25.9 Å².